The van der Waals surface area contributed by atoms with Gasteiger partial charge in [0.25, 0.3) is 0 Å². The van der Waals surface area contributed by atoms with Crippen molar-refractivity contribution in [2.45, 2.75) is 44.8 Å². The first-order valence-corrected chi connectivity index (χ1v) is 7.98. The summed E-state index contributed by atoms with van der Waals surface area (Å²) in [6.07, 6.45) is 3.37. The second-order valence-electron chi connectivity index (χ2n) is 6.07. The number of benzene rings is 1. The van der Waals surface area contributed by atoms with Gasteiger partial charge < -0.3 is 15.0 Å². The second-order valence-corrected chi connectivity index (χ2v) is 6.07. The number of fused-ring (bicyclic) bond motifs is 3. The molecule has 0 spiro atoms. The number of carbonyl (C=O) groups excluding carboxylic acids is 1. The summed E-state index contributed by atoms with van der Waals surface area (Å²) in [6, 6.07) is 11.1. The van der Waals surface area contributed by atoms with Crippen molar-refractivity contribution in [3.8, 4) is 0 Å². The molecular weight excluding hydrogens is 264 g/mol. The van der Waals surface area contributed by atoms with Crippen LogP contribution >= 0.6 is 0 Å². The topological polar surface area (TPSA) is 41.6 Å². The van der Waals surface area contributed by atoms with Crippen LogP contribution in [0.1, 0.15) is 31.7 Å². The standard InChI is InChI=1S/C17H24N2O2/c1-2-21-17(20)19-12-14-8-9-16(19)15(10-14)18-11-13-6-4-3-5-7-13/h3-7,14-16,18H,2,8-12H2,1H3/t14-,15-,16+/m1/s1. The van der Waals surface area contributed by atoms with E-state index in [1.165, 1.54) is 18.4 Å². The molecule has 2 bridgehead atoms. The molecule has 1 saturated carbocycles. The third kappa shape index (κ3) is 3.21. The summed E-state index contributed by atoms with van der Waals surface area (Å²) in [5.41, 5.74) is 1.29. The molecule has 114 valence electrons. The Kier molecular flexibility index (Phi) is 4.44. The number of amides is 1. The average Bonchev–Trinajstić information content (AvgIpc) is 2.54. The first-order valence-electron chi connectivity index (χ1n) is 7.98. The van der Waals surface area contributed by atoms with Crippen molar-refractivity contribution in [3.63, 3.8) is 0 Å². The van der Waals surface area contributed by atoms with Crippen molar-refractivity contribution in [1.29, 1.82) is 0 Å². The van der Waals surface area contributed by atoms with Gasteiger partial charge in [-0.25, -0.2) is 4.79 Å². The maximum absolute atomic E-state index is 12.1. The summed E-state index contributed by atoms with van der Waals surface area (Å²) in [5, 5.41) is 3.65. The molecule has 0 unspecified atom stereocenters. The van der Waals surface area contributed by atoms with Crippen LogP contribution in [0.3, 0.4) is 0 Å². The van der Waals surface area contributed by atoms with Crippen LogP contribution in [-0.4, -0.2) is 36.2 Å². The smallest absolute Gasteiger partial charge is 0.410 e. The van der Waals surface area contributed by atoms with Gasteiger partial charge in [-0.3, -0.25) is 0 Å². The van der Waals surface area contributed by atoms with Crippen LogP contribution < -0.4 is 5.32 Å². The SMILES string of the molecule is CCOC(=O)N1C[C@@H]2CC[C@H]1[C@H](NCc1ccccc1)C2. The predicted octanol–water partition coefficient (Wildman–Crippen LogP) is 2.79. The maximum Gasteiger partial charge on any atom is 0.410 e. The highest BCUT2D eigenvalue weighted by molar-refractivity contribution is 5.68. The number of piperidine rings is 2. The lowest BCUT2D eigenvalue weighted by Crippen LogP contribution is -2.61. The van der Waals surface area contributed by atoms with Gasteiger partial charge in [-0.1, -0.05) is 30.3 Å². The molecule has 0 radical (unpaired) electrons. The van der Waals surface area contributed by atoms with E-state index in [0.717, 1.165) is 19.5 Å². The van der Waals surface area contributed by atoms with Gasteiger partial charge in [-0.05, 0) is 37.7 Å². The molecule has 2 aliphatic heterocycles. The molecule has 1 amide bonds. The Morgan fingerprint density at radius 1 is 1.33 bits per heavy atom. The third-order valence-corrected chi connectivity index (χ3v) is 4.69. The molecule has 4 rings (SSSR count). The van der Waals surface area contributed by atoms with E-state index in [1.54, 1.807) is 0 Å². The Morgan fingerprint density at radius 3 is 2.86 bits per heavy atom. The number of ether oxygens (including phenoxy) is 1. The minimum atomic E-state index is -0.140. The molecule has 2 heterocycles. The first kappa shape index (κ1) is 14.4. The van der Waals surface area contributed by atoms with Crippen LogP contribution in [0.15, 0.2) is 30.3 Å². The second kappa shape index (κ2) is 6.48. The van der Waals surface area contributed by atoms with E-state index in [0.29, 0.717) is 18.6 Å². The molecule has 2 saturated heterocycles. The van der Waals surface area contributed by atoms with Crippen LogP contribution in [0.4, 0.5) is 4.79 Å². The molecule has 21 heavy (non-hydrogen) atoms. The molecule has 3 aliphatic rings. The number of nitrogens with one attached hydrogen (secondary N) is 1. The van der Waals surface area contributed by atoms with Gasteiger partial charge in [0.2, 0.25) is 0 Å². The fraction of sp³-hybridized carbons (Fsp3) is 0.588. The molecule has 4 heteroatoms. The van der Waals surface area contributed by atoms with Crippen molar-refractivity contribution in [2.75, 3.05) is 13.2 Å². The summed E-state index contributed by atoms with van der Waals surface area (Å²) in [7, 11) is 0. The van der Waals surface area contributed by atoms with Crippen LogP contribution in [0, 0.1) is 5.92 Å². The number of nitrogens with zero attached hydrogens (tertiary/aromatic N) is 1. The highest BCUT2D eigenvalue weighted by Gasteiger charge is 2.43. The fourth-order valence-electron chi connectivity index (χ4n) is 3.67. The van der Waals surface area contributed by atoms with Gasteiger partial charge in [0.15, 0.2) is 0 Å². The molecule has 0 aromatic heterocycles. The number of hydrogen-bond acceptors (Lipinski definition) is 3. The van der Waals surface area contributed by atoms with Crippen molar-refractivity contribution >= 4 is 6.09 Å². The lowest BCUT2D eigenvalue weighted by molar-refractivity contribution is 0.0122. The Bertz CT molecular complexity index is 477. The summed E-state index contributed by atoms with van der Waals surface area (Å²) < 4.78 is 5.20. The zero-order chi connectivity index (χ0) is 14.7. The van der Waals surface area contributed by atoms with Crippen molar-refractivity contribution in [1.82, 2.24) is 10.2 Å². The van der Waals surface area contributed by atoms with Gasteiger partial charge in [0, 0.05) is 19.1 Å². The molecular formula is C17H24N2O2. The van der Waals surface area contributed by atoms with Gasteiger partial charge in [-0.2, -0.15) is 0 Å². The molecule has 4 nitrogen and oxygen atoms in total. The largest absolute Gasteiger partial charge is 0.450 e. The van der Waals surface area contributed by atoms with E-state index in [9.17, 15) is 4.79 Å². The number of rotatable bonds is 4. The van der Waals surface area contributed by atoms with Crippen LogP contribution in [0.5, 0.6) is 0 Å². The van der Waals surface area contributed by atoms with Crippen LogP contribution in [0.25, 0.3) is 0 Å². The summed E-state index contributed by atoms with van der Waals surface area (Å²) >= 11 is 0. The van der Waals surface area contributed by atoms with Gasteiger partial charge >= 0.3 is 6.09 Å². The van der Waals surface area contributed by atoms with Gasteiger partial charge in [-0.15, -0.1) is 0 Å². The van der Waals surface area contributed by atoms with E-state index in [-0.39, 0.29) is 12.1 Å². The van der Waals surface area contributed by atoms with E-state index >= 15 is 0 Å². The zero-order valence-corrected chi connectivity index (χ0v) is 12.6. The first-order chi connectivity index (χ1) is 10.3. The molecule has 3 fully saturated rings. The highest BCUT2D eigenvalue weighted by atomic mass is 16.6. The Labute approximate surface area is 126 Å². The number of hydrogen-bond donors (Lipinski definition) is 1. The van der Waals surface area contributed by atoms with Crippen molar-refractivity contribution in [3.05, 3.63) is 35.9 Å². The summed E-state index contributed by atoms with van der Waals surface area (Å²) in [6.45, 7) is 4.05. The quantitative estimate of drug-likeness (QED) is 0.926. The summed E-state index contributed by atoms with van der Waals surface area (Å²) in [5.74, 6) is 0.618. The molecule has 1 aliphatic carbocycles. The molecule has 3 atom stereocenters. The zero-order valence-electron chi connectivity index (χ0n) is 12.6. The van der Waals surface area contributed by atoms with E-state index in [4.69, 9.17) is 4.74 Å². The van der Waals surface area contributed by atoms with Gasteiger partial charge in [0.1, 0.15) is 0 Å². The van der Waals surface area contributed by atoms with Crippen LogP contribution in [-0.2, 0) is 11.3 Å². The van der Waals surface area contributed by atoms with Gasteiger partial charge in [0.05, 0.1) is 12.6 Å². The molecule has 1 aromatic carbocycles. The Balaban J connectivity index is 1.62. The average molecular weight is 288 g/mol. The van der Waals surface area contributed by atoms with E-state index in [2.05, 4.69) is 29.6 Å². The summed E-state index contributed by atoms with van der Waals surface area (Å²) in [4.78, 5) is 14.0. The monoisotopic (exact) mass is 288 g/mol. The van der Waals surface area contributed by atoms with Crippen molar-refractivity contribution in [2.24, 2.45) is 5.92 Å². The van der Waals surface area contributed by atoms with E-state index in [1.807, 2.05) is 17.9 Å². The molecule has 1 aromatic rings. The minimum Gasteiger partial charge on any atom is -0.450 e. The fourth-order valence-corrected chi connectivity index (χ4v) is 3.67. The minimum absolute atomic E-state index is 0.140. The van der Waals surface area contributed by atoms with Crippen molar-refractivity contribution < 1.29 is 9.53 Å². The normalized spacial score (nSPS) is 27.7. The third-order valence-electron chi connectivity index (χ3n) is 4.69. The van der Waals surface area contributed by atoms with E-state index < -0.39 is 0 Å². The van der Waals surface area contributed by atoms with Crippen LogP contribution in [0.2, 0.25) is 0 Å². The predicted molar refractivity (Wildman–Crippen MR) is 81.9 cm³/mol. The Hall–Kier alpha value is -1.55. The molecule has 1 N–H and O–H groups in total. The lowest BCUT2D eigenvalue weighted by atomic mass is 9.76. The lowest BCUT2D eigenvalue weighted by Gasteiger charge is -2.49. The number of carbonyl (C=O) groups is 1. The Morgan fingerprint density at radius 2 is 2.14 bits per heavy atom. The maximum atomic E-state index is 12.1. The highest BCUT2D eigenvalue weighted by Crippen LogP contribution is 2.35.